The number of para-hydroxylation sites is 2. The molecule has 1 amide bonds. The fourth-order valence-electron chi connectivity index (χ4n) is 2.10. The number of nitrogens with zero attached hydrogens (tertiary/aromatic N) is 1. The summed E-state index contributed by atoms with van der Waals surface area (Å²) in [6.07, 6.45) is -0.137. The topological polar surface area (TPSA) is 72.9 Å². The molecular formula is C15H17NO5. The zero-order chi connectivity index (χ0) is 15.2. The molecule has 0 saturated carbocycles. The predicted molar refractivity (Wildman–Crippen MR) is 75.2 cm³/mol. The molecule has 0 unspecified atom stereocenters. The highest BCUT2D eigenvalue weighted by Crippen LogP contribution is 2.30. The number of Topliss-reactive ketones (excluding diaryl/α,β-unsaturated/α-hetero) is 1. The predicted octanol–water partition coefficient (Wildman–Crippen LogP) is 1.32. The average molecular weight is 291 g/mol. The van der Waals surface area contributed by atoms with Crippen LogP contribution in [0.5, 0.6) is 5.75 Å². The summed E-state index contributed by atoms with van der Waals surface area (Å²) in [7, 11) is 0. The number of esters is 1. The maximum Gasteiger partial charge on any atom is 0.313 e. The van der Waals surface area contributed by atoms with Gasteiger partial charge in [0, 0.05) is 0 Å². The van der Waals surface area contributed by atoms with E-state index < -0.39 is 5.97 Å². The second-order valence-corrected chi connectivity index (χ2v) is 4.57. The first kappa shape index (κ1) is 15.0. The summed E-state index contributed by atoms with van der Waals surface area (Å²) < 4.78 is 10.2. The average Bonchev–Trinajstić information content (AvgIpc) is 2.59. The molecule has 1 aliphatic heterocycles. The molecule has 0 bridgehead atoms. The van der Waals surface area contributed by atoms with Crippen LogP contribution in [-0.2, 0) is 19.1 Å². The Hall–Kier alpha value is -2.37. The number of ether oxygens (including phenoxy) is 2. The number of amides is 1. The van der Waals surface area contributed by atoms with Crippen molar-refractivity contribution in [2.75, 3.05) is 24.7 Å². The van der Waals surface area contributed by atoms with Crippen LogP contribution in [0.1, 0.15) is 19.8 Å². The van der Waals surface area contributed by atoms with Crippen molar-refractivity contribution in [3.63, 3.8) is 0 Å². The van der Waals surface area contributed by atoms with Gasteiger partial charge in [-0.2, -0.15) is 0 Å². The van der Waals surface area contributed by atoms with E-state index in [9.17, 15) is 14.4 Å². The molecule has 0 aliphatic carbocycles. The van der Waals surface area contributed by atoms with Crippen molar-refractivity contribution in [3.8, 4) is 5.75 Å². The van der Waals surface area contributed by atoms with Crippen molar-refractivity contribution >= 4 is 23.3 Å². The normalized spacial score (nSPS) is 14.0. The maximum atomic E-state index is 12.1. The summed E-state index contributed by atoms with van der Waals surface area (Å²) in [6.45, 7) is 2.02. The fourth-order valence-corrected chi connectivity index (χ4v) is 2.10. The molecule has 2 rings (SSSR count). The van der Waals surface area contributed by atoms with Gasteiger partial charge >= 0.3 is 5.97 Å². The van der Waals surface area contributed by atoms with Crippen LogP contribution < -0.4 is 9.64 Å². The molecule has 0 N–H and O–H groups in total. The minimum atomic E-state index is -0.575. The zero-order valence-electron chi connectivity index (χ0n) is 11.8. The fraction of sp³-hybridized carbons (Fsp3) is 0.400. The summed E-state index contributed by atoms with van der Waals surface area (Å²) in [5, 5.41) is 0. The lowest BCUT2D eigenvalue weighted by molar-refractivity contribution is -0.145. The Kier molecular flexibility index (Phi) is 4.92. The van der Waals surface area contributed by atoms with Gasteiger partial charge in [0.1, 0.15) is 12.2 Å². The third kappa shape index (κ3) is 3.81. The minimum absolute atomic E-state index is 0.155. The van der Waals surface area contributed by atoms with Crippen molar-refractivity contribution in [2.24, 2.45) is 0 Å². The highest BCUT2D eigenvalue weighted by Gasteiger charge is 2.25. The van der Waals surface area contributed by atoms with Gasteiger partial charge in [-0.3, -0.25) is 14.4 Å². The Morgan fingerprint density at radius 1 is 1.33 bits per heavy atom. The van der Waals surface area contributed by atoms with Gasteiger partial charge in [-0.1, -0.05) is 12.1 Å². The lowest BCUT2D eigenvalue weighted by Crippen LogP contribution is -2.36. The Bertz CT molecular complexity index is 555. The van der Waals surface area contributed by atoms with Crippen molar-refractivity contribution in [2.45, 2.75) is 19.8 Å². The first-order chi connectivity index (χ1) is 10.1. The molecule has 6 nitrogen and oxygen atoms in total. The van der Waals surface area contributed by atoms with E-state index in [2.05, 4.69) is 0 Å². The number of anilines is 1. The summed E-state index contributed by atoms with van der Waals surface area (Å²) in [5.74, 6) is -0.572. The quantitative estimate of drug-likeness (QED) is 0.604. The molecular weight excluding hydrogens is 274 g/mol. The van der Waals surface area contributed by atoms with Crippen LogP contribution in [0.2, 0.25) is 0 Å². The van der Waals surface area contributed by atoms with E-state index in [1.54, 1.807) is 31.2 Å². The number of carbonyl (C=O) groups excluding carboxylic acids is 3. The van der Waals surface area contributed by atoms with E-state index in [-0.39, 0.29) is 44.3 Å². The third-order valence-electron chi connectivity index (χ3n) is 3.01. The molecule has 0 atom stereocenters. The number of hydrogen-bond donors (Lipinski definition) is 0. The maximum absolute atomic E-state index is 12.1. The van der Waals surface area contributed by atoms with E-state index >= 15 is 0 Å². The van der Waals surface area contributed by atoms with E-state index in [1.807, 2.05) is 0 Å². The number of hydrogen-bond acceptors (Lipinski definition) is 5. The van der Waals surface area contributed by atoms with Gasteiger partial charge in [0.2, 0.25) is 5.91 Å². The molecule has 0 aromatic heterocycles. The molecule has 0 spiro atoms. The summed E-state index contributed by atoms with van der Waals surface area (Å²) in [6, 6.07) is 7.03. The molecule has 112 valence electrons. The van der Waals surface area contributed by atoms with Crippen molar-refractivity contribution in [3.05, 3.63) is 24.3 Å². The minimum Gasteiger partial charge on any atom is -0.491 e. The second kappa shape index (κ2) is 6.88. The molecule has 1 aromatic carbocycles. The Morgan fingerprint density at radius 2 is 2.10 bits per heavy atom. The number of benzene rings is 1. The molecule has 0 radical (unpaired) electrons. The molecule has 1 aliphatic rings. The van der Waals surface area contributed by atoms with Crippen LogP contribution in [0.4, 0.5) is 5.69 Å². The molecule has 6 heteroatoms. The van der Waals surface area contributed by atoms with Crippen molar-refractivity contribution < 1.29 is 23.9 Å². The Morgan fingerprint density at radius 3 is 2.86 bits per heavy atom. The summed E-state index contributed by atoms with van der Waals surface area (Å²) in [5.41, 5.74) is 0.553. The molecule has 0 fully saturated rings. The van der Waals surface area contributed by atoms with Crippen LogP contribution >= 0.6 is 0 Å². The smallest absolute Gasteiger partial charge is 0.313 e. The van der Waals surface area contributed by atoms with Crippen LogP contribution in [0.25, 0.3) is 0 Å². The van der Waals surface area contributed by atoms with Gasteiger partial charge in [0.25, 0.3) is 0 Å². The van der Waals surface area contributed by atoms with Crippen LogP contribution in [0.3, 0.4) is 0 Å². The zero-order valence-corrected chi connectivity index (χ0v) is 11.8. The van der Waals surface area contributed by atoms with Gasteiger partial charge in [-0.25, -0.2) is 0 Å². The Balaban J connectivity index is 2.12. The Labute approximate surface area is 122 Å². The van der Waals surface area contributed by atoms with Crippen LogP contribution in [0, 0.1) is 0 Å². The first-order valence-electron chi connectivity index (χ1n) is 6.81. The SMILES string of the molecule is CCOC(=O)CC(=O)CN1C(=O)CCOc2ccccc21. The first-order valence-corrected chi connectivity index (χ1v) is 6.81. The molecule has 21 heavy (non-hydrogen) atoms. The van der Waals surface area contributed by atoms with Gasteiger partial charge in [-0.05, 0) is 19.1 Å². The van der Waals surface area contributed by atoms with Crippen molar-refractivity contribution in [1.29, 1.82) is 0 Å². The lowest BCUT2D eigenvalue weighted by atomic mass is 10.2. The number of ketones is 1. The standard InChI is InChI=1S/C15H17NO5/c1-2-20-15(19)9-11(17)10-16-12-5-3-4-6-13(12)21-8-7-14(16)18/h3-6H,2,7-10H2,1H3. The largest absolute Gasteiger partial charge is 0.491 e. The van der Waals surface area contributed by atoms with E-state index in [0.29, 0.717) is 11.4 Å². The number of carbonyl (C=O) groups is 3. The lowest BCUT2D eigenvalue weighted by Gasteiger charge is -2.20. The van der Waals surface area contributed by atoms with E-state index in [0.717, 1.165) is 0 Å². The highest BCUT2D eigenvalue weighted by molar-refractivity contribution is 6.04. The second-order valence-electron chi connectivity index (χ2n) is 4.57. The van der Waals surface area contributed by atoms with Crippen molar-refractivity contribution in [1.82, 2.24) is 0 Å². The summed E-state index contributed by atoms with van der Waals surface area (Å²) >= 11 is 0. The van der Waals surface area contributed by atoms with Gasteiger partial charge in [0.15, 0.2) is 5.78 Å². The molecule has 0 saturated heterocycles. The van der Waals surface area contributed by atoms with Crippen LogP contribution in [0.15, 0.2) is 24.3 Å². The molecule has 1 heterocycles. The third-order valence-corrected chi connectivity index (χ3v) is 3.01. The monoisotopic (exact) mass is 291 g/mol. The molecule has 1 aromatic rings. The van der Waals surface area contributed by atoms with Gasteiger partial charge in [-0.15, -0.1) is 0 Å². The number of fused-ring (bicyclic) bond motifs is 1. The number of rotatable bonds is 5. The van der Waals surface area contributed by atoms with E-state index in [4.69, 9.17) is 9.47 Å². The van der Waals surface area contributed by atoms with E-state index in [1.165, 1.54) is 4.90 Å². The summed E-state index contributed by atoms with van der Waals surface area (Å²) in [4.78, 5) is 36.7. The van der Waals surface area contributed by atoms with Gasteiger partial charge in [0.05, 0.1) is 31.9 Å². The highest BCUT2D eigenvalue weighted by atomic mass is 16.5. The van der Waals surface area contributed by atoms with Crippen LogP contribution in [-0.4, -0.2) is 37.4 Å². The van der Waals surface area contributed by atoms with Gasteiger partial charge < -0.3 is 14.4 Å².